The maximum absolute atomic E-state index is 4.99. The Morgan fingerprint density at radius 1 is 0.514 bits per heavy atom. The monoisotopic (exact) mass is 963 g/mol. The van der Waals surface area contributed by atoms with Gasteiger partial charge in [0.25, 0.3) is 0 Å². The van der Waals surface area contributed by atoms with Gasteiger partial charge in [-0.1, -0.05) is 251 Å². The van der Waals surface area contributed by atoms with Crippen LogP contribution in [0.2, 0.25) is 0 Å². The lowest BCUT2D eigenvalue weighted by Gasteiger charge is -2.32. The molecule has 10 rings (SSSR count). The van der Waals surface area contributed by atoms with E-state index in [9.17, 15) is 0 Å². The summed E-state index contributed by atoms with van der Waals surface area (Å²) < 4.78 is 0. The molecule has 0 saturated carbocycles. The van der Waals surface area contributed by atoms with Gasteiger partial charge in [-0.2, -0.15) is 0 Å². The lowest BCUT2D eigenvalue weighted by molar-refractivity contribution is 0.735. The zero-order chi connectivity index (χ0) is 51.8. The third-order valence-corrected chi connectivity index (χ3v) is 12.6. The van der Waals surface area contributed by atoms with Crippen LogP contribution in [0.3, 0.4) is 0 Å². The number of nitrogens with zero attached hydrogens (tertiary/aromatic N) is 4. The summed E-state index contributed by atoms with van der Waals surface area (Å²) in [7, 11) is 0. The summed E-state index contributed by atoms with van der Waals surface area (Å²) in [5.41, 5.74) is 15.4. The second kappa shape index (κ2) is 27.7. The molecule has 1 aliphatic carbocycles. The molecule has 0 spiro atoms. The smallest absolute Gasteiger partial charge is 0.161 e. The van der Waals surface area contributed by atoms with Crippen molar-refractivity contribution in [3.8, 4) is 33.4 Å². The molecule has 4 nitrogen and oxygen atoms in total. The number of rotatable bonds is 11. The van der Waals surface area contributed by atoms with Crippen molar-refractivity contribution in [1.29, 1.82) is 0 Å². The van der Waals surface area contributed by atoms with Gasteiger partial charge in [0.05, 0.1) is 17.7 Å². The second-order valence-electron chi connectivity index (χ2n) is 17.5. The Hall–Kier alpha value is -8.86. The van der Waals surface area contributed by atoms with Crippen molar-refractivity contribution in [2.75, 3.05) is 0 Å². The van der Waals surface area contributed by atoms with E-state index in [0.717, 1.165) is 57.5 Å². The number of amidine groups is 2. The minimum Gasteiger partial charge on any atom is -0.261 e. The molecule has 0 saturated heterocycles. The average Bonchev–Trinajstić information content (AvgIpc) is 3.78. The normalized spacial score (nSPS) is 13.5. The highest BCUT2D eigenvalue weighted by molar-refractivity contribution is 6.13. The van der Waals surface area contributed by atoms with Gasteiger partial charge in [-0.05, 0) is 125 Å². The number of benzene rings is 8. The van der Waals surface area contributed by atoms with E-state index in [4.69, 9.17) is 15.0 Å². The molecule has 4 heteroatoms. The van der Waals surface area contributed by atoms with E-state index in [2.05, 4.69) is 208 Å². The van der Waals surface area contributed by atoms with Crippen LogP contribution in [0.25, 0.3) is 33.4 Å². The van der Waals surface area contributed by atoms with E-state index >= 15 is 0 Å². The predicted octanol–water partition coefficient (Wildman–Crippen LogP) is 17.8. The molecule has 0 bridgehead atoms. The summed E-state index contributed by atoms with van der Waals surface area (Å²) in [6, 6.07) is 80.5. The number of aryl methyl sites for hydroxylation is 1. The van der Waals surface area contributed by atoms with Crippen LogP contribution in [-0.2, 0) is 18.4 Å². The lowest BCUT2D eigenvalue weighted by Crippen LogP contribution is -2.29. The van der Waals surface area contributed by atoms with Gasteiger partial charge < -0.3 is 0 Å². The molecule has 1 unspecified atom stereocenters. The molecule has 1 aromatic heterocycles. The Bertz CT molecular complexity index is 3260. The molecular weight excluding hydrogens is 897 g/mol. The Morgan fingerprint density at radius 3 is 1.65 bits per heavy atom. The SMILES string of the molecule is C/C=C\CC.C=C/C=C\C.C=NC(=NC(=NCc1ccccc1)c1ccccc1)c1cccc(-c2cccc(-c3ccc4c(c3)-c3ccccc3C4(c3ccccc3)c3ccccn3)c2)c1.CCc1ccccc1. The minimum atomic E-state index is -0.527. The molecule has 8 aromatic carbocycles. The molecule has 1 aliphatic rings. The van der Waals surface area contributed by atoms with Crippen molar-refractivity contribution in [3.05, 3.63) is 318 Å². The molecule has 9 aromatic rings. The number of allylic oxidation sites excluding steroid dienone is 5. The molecule has 1 heterocycles. The van der Waals surface area contributed by atoms with Gasteiger partial charge in [0.2, 0.25) is 0 Å². The summed E-state index contributed by atoms with van der Waals surface area (Å²) >= 11 is 0. The van der Waals surface area contributed by atoms with E-state index < -0.39 is 5.41 Å². The Labute approximate surface area is 440 Å². The first-order valence-corrected chi connectivity index (χ1v) is 25.5. The zero-order valence-corrected chi connectivity index (χ0v) is 43.2. The molecule has 0 aliphatic heterocycles. The first-order chi connectivity index (χ1) is 36.5. The maximum atomic E-state index is 4.99. The first-order valence-electron chi connectivity index (χ1n) is 25.5. The number of aromatic nitrogens is 1. The number of hydrogen-bond acceptors (Lipinski definition) is 2. The van der Waals surface area contributed by atoms with E-state index in [1.54, 1.807) is 6.08 Å². The largest absolute Gasteiger partial charge is 0.261 e. The van der Waals surface area contributed by atoms with Crippen LogP contribution in [0.4, 0.5) is 0 Å². The summed E-state index contributed by atoms with van der Waals surface area (Å²) in [5.74, 6) is 1.13. The van der Waals surface area contributed by atoms with Gasteiger partial charge in [-0.3, -0.25) is 9.98 Å². The molecule has 0 N–H and O–H groups in total. The third-order valence-electron chi connectivity index (χ3n) is 12.6. The highest BCUT2D eigenvalue weighted by Crippen LogP contribution is 2.56. The fourth-order valence-corrected chi connectivity index (χ4v) is 9.09. The Morgan fingerprint density at radius 2 is 1.08 bits per heavy atom. The van der Waals surface area contributed by atoms with Gasteiger partial charge in [0.1, 0.15) is 0 Å². The lowest BCUT2D eigenvalue weighted by atomic mass is 9.69. The Balaban J connectivity index is 0.000000379. The van der Waals surface area contributed by atoms with Crippen LogP contribution < -0.4 is 0 Å². The van der Waals surface area contributed by atoms with Crippen molar-refractivity contribution >= 4 is 18.4 Å². The van der Waals surface area contributed by atoms with Gasteiger partial charge >= 0.3 is 0 Å². The number of pyridine rings is 1. The van der Waals surface area contributed by atoms with Crippen molar-refractivity contribution in [2.24, 2.45) is 15.0 Å². The van der Waals surface area contributed by atoms with Gasteiger partial charge in [-0.15, -0.1) is 0 Å². The fourth-order valence-electron chi connectivity index (χ4n) is 9.09. The van der Waals surface area contributed by atoms with Crippen molar-refractivity contribution in [3.63, 3.8) is 0 Å². The highest BCUT2D eigenvalue weighted by atomic mass is 15.0. The van der Waals surface area contributed by atoms with Crippen LogP contribution in [0.15, 0.2) is 289 Å². The van der Waals surface area contributed by atoms with Gasteiger partial charge in [0, 0.05) is 17.3 Å². The summed E-state index contributed by atoms with van der Waals surface area (Å²) in [5, 5.41) is 0. The number of hydrogen-bond donors (Lipinski definition) is 0. The highest BCUT2D eigenvalue weighted by Gasteiger charge is 2.47. The molecule has 0 radical (unpaired) electrons. The van der Waals surface area contributed by atoms with E-state index in [-0.39, 0.29) is 0 Å². The van der Waals surface area contributed by atoms with Gasteiger partial charge in [-0.25, -0.2) is 9.98 Å². The second-order valence-corrected chi connectivity index (χ2v) is 17.5. The van der Waals surface area contributed by atoms with E-state index in [1.165, 1.54) is 33.4 Å². The topological polar surface area (TPSA) is 50.0 Å². The van der Waals surface area contributed by atoms with Crippen LogP contribution in [0, 0.1) is 0 Å². The Kier molecular flexibility index (Phi) is 19.8. The molecule has 0 amide bonds. The van der Waals surface area contributed by atoms with E-state index in [0.29, 0.717) is 18.2 Å². The predicted molar refractivity (Wildman–Crippen MR) is 318 cm³/mol. The molecule has 366 valence electrons. The van der Waals surface area contributed by atoms with Gasteiger partial charge in [0.15, 0.2) is 11.7 Å². The maximum Gasteiger partial charge on any atom is 0.161 e. The molecular formula is C70H66N4. The number of aliphatic imine (C=N–C) groups is 3. The van der Waals surface area contributed by atoms with Crippen LogP contribution in [0.1, 0.15) is 78.8 Å². The van der Waals surface area contributed by atoms with Crippen molar-refractivity contribution in [2.45, 2.75) is 52.5 Å². The third kappa shape index (κ3) is 13.2. The summed E-state index contributed by atoms with van der Waals surface area (Å²) in [6.45, 7) is 16.2. The van der Waals surface area contributed by atoms with Crippen molar-refractivity contribution < 1.29 is 0 Å². The molecule has 74 heavy (non-hydrogen) atoms. The number of fused-ring (bicyclic) bond motifs is 3. The summed E-state index contributed by atoms with van der Waals surface area (Å²) in [4.78, 5) is 19.3. The van der Waals surface area contributed by atoms with Crippen LogP contribution in [-0.4, -0.2) is 23.4 Å². The standard InChI is InChI=1S/C52H38N4.C8H10.C5H10.C5H8/c1-53-50(56-51(38-19-7-3-8-20-38)55-36-37-17-5-2-6-18-37)43-24-16-23-41(34-43)39-21-15-22-40(33-39)42-30-31-48-46(35-42)45-27-11-12-28-47(45)52(48,44-25-9-4-10-26-44)49-29-13-14-32-54-49;1-2-8-6-4-3-5-7-8;2*1-3-5-4-2/h2-35H,1,36H2;3-7H,2H2,1H3;3,5H,4H2,1-2H3;3-5H,1H2,2H3/b;;5-3-;5-4-. The van der Waals surface area contributed by atoms with Crippen molar-refractivity contribution in [1.82, 2.24) is 4.98 Å². The fraction of sp³-hybridized carbons (Fsp3) is 0.114. The van der Waals surface area contributed by atoms with Crippen LogP contribution >= 0.6 is 0 Å². The molecule has 0 fully saturated rings. The average molecular weight is 963 g/mol. The van der Waals surface area contributed by atoms with E-state index in [1.807, 2.05) is 98.9 Å². The summed E-state index contributed by atoms with van der Waals surface area (Å²) in [6.07, 6.45) is 14.0. The minimum absolute atomic E-state index is 0.510. The van der Waals surface area contributed by atoms with Crippen LogP contribution in [0.5, 0.6) is 0 Å². The first kappa shape index (κ1) is 53.0. The molecule has 1 atom stereocenters. The quantitative estimate of drug-likeness (QED) is 0.0551. The zero-order valence-electron chi connectivity index (χ0n) is 43.2.